The van der Waals surface area contributed by atoms with Crippen molar-refractivity contribution in [3.05, 3.63) is 11.6 Å². The summed E-state index contributed by atoms with van der Waals surface area (Å²) in [6, 6.07) is 0. The van der Waals surface area contributed by atoms with E-state index < -0.39 is 0 Å². The molecule has 0 bridgehead atoms. The first-order chi connectivity index (χ1) is 10.8. The molecule has 0 radical (unpaired) electrons. The number of hydrogen-bond donors (Lipinski definition) is 1. The minimum absolute atomic E-state index is 0.405. The monoisotopic (exact) mass is 302 g/mol. The Labute approximate surface area is 136 Å². The molecule has 0 saturated heterocycles. The minimum Gasteiger partial charge on any atom is -0.396 e. The van der Waals surface area contributed by atoms with Crippen LogP contribution in [0.4, 0.5) is 0 Å². The normalized spacial score (nSPS) is 47.4. The number of aliphatic hydroxyl groups is 1. The Bertz CT molecular complexity index is 439. The van der Waals surface area contributed by atoms with Crippen molar-refractivity contribution < 1.29 is 5.11 Å². The second-order valence-electron chi connectivity index (χ2n) is 8.70. The largest absolute Gasteiger partial charge is 0.396 e. The van der Waals surface area contributed by atoms with Crippen LogP contribution in [0, 0.1) is 35.0 Å². The molecule has 0 aromatic rings. The summed E-state index contributed by atoms with van der Waals surface area (Å²) in [6.45, 7) is 2.85. The van der Waals surface area contributed by atoms with Crippen LogP contribution >= 0.6 is 0 Å². The summed E-state index contributed by atoms with van der Waals surface area (Å²) in [4.78, 5) is 0. The Morgan fingerprint density at radius 3 is 2.86 bits per heavy atom. The Hall–Kier alpha value is -0.300. The highest BCUT2D eigenvalue weighted by Gasteiger charge is 2.56. The molecule has 0 aliphatic heterocycles. The van der Waals surface area contributed by atoms with E-state index in [2.05, 4.69) is 13.0 Å². The topological polar surface area (TPSA) is 20.2 Å². The highest BCUT2D eigenvalue weighted by atomic mass is 16.3. The number of rotatable bonds is 3. The number of fused-ring (bicyclic) bond motifs is 5. The van der Waals surface area contributed by atoms with E-state index in [0.717, 1.165) is 36.0 Å². The molecule has 1 heteroatoms. The van der Waals surface area contributed by atoms with Gasteiger partial charge in [0, 0.05) is 6.61 Å². The average molecular weight is 303 g/mol. The van der Waals surface area contributed by atoms with Crippen LogP contribution in [0.3, 0.4) is 0 Å². The standard InChI is InChI=1S/C21H34O/c1-2-21-13-11-18-17-6-4-3-5-15(17)7-9-19(18)20(21)10-8-16(21)12-14-22/h5,16-20,22H,2-4,6-14H2,1H3/t16-,17+,18-,19-,20+,21-/m1/s1. The molecule has 4 rings (SSSR count). The van der Waals surface area contributed by atoms with Crippen LogP contribution in [0.15, 0.2) is 11.6 Å². The molecule has 4 aliphatic rings. The molecule has 6 atom stereocenters. The molecular weight excluding hydrogens is 268 g/mol. The Morgan fingerprint density at radius 1 is 1.14 bits per heavy atom. The molecular formula is C21H34O. The van der Waals surface area contributed by atoms with Gasteiger partial charge in [0.15, 0.2) is 0 Å². The van der Waals surface area contributed by atoms with E-state index in [4.69, 9.17) is 0 Å². The lowest BCUT2D eigenvalue weighted by Gasteiger charge is -2.55. The van der Waals surface area contributed by atoms with Crippen molar-refractivity contribution in [1.29, 1.82) is 0 Å². The lowest BCUT2D eigenvalue weighted by Crippen LogP contribution is -2.47. The van der Waals surface area contributed by atoms with Crippen LogP contribution in [0.5, 0.6) is 0 Å². The fraction of sp³-hybridized carbons (Fsp3) is 0.905. The van der Waals surface area contributed by atoms with Gasteiger partial charge < -0.3 is 5.11 Å². The maximum Gasteiger partial charge on any atom is 0.0433 e. The van der Waals surface area contributed by atoms with Crippen LogP contribution in [0.2, 0.25) is 0 Å². The summed E-state index contributed by atoms with van der Waals surface area (Å²) in [6.07, 6.45) is 18.0. The van der Waals surface area contributed by atoms with Gasteiger partial charge >= 0.3 is 0 Å². The minimum atomic E-state index is 0.405. The Kier molecular flexibility index (Phi) is 4.13. The van der Waals surface area contributed by atoms with E-state index in [1.807, 2.05) is 5.57 Å². The third-order valence-electron chi connectivity index (χ3n) is 8.41. The summed E-state index contributed by atoms with van der Waals surface area (Å²) in [5.74, 6) is 4.78. The fourth-order valence-electron chi connectivity index (χ4n) is 7.54. The average Bonchev–Trinajstić information content (AvgIpc) is 2.94. The number of allylic oxidation sites excluding steroid dienone is 2. The van der Waals surface area contributed by atoms with E-state index in [9.17, 15) is 5.11 Å². The molecule has 0 amide bonds. The third-order valence-corrected chi connectivity index (χ3v) is 8.41. The van der Waals surface area contributed by atoms with Gasteiger partial charge in [-0.2, -0.15) is 0 Å². The molecule has 3 saturated carbocycles. The highest BCUT2D eigenvalue weighted by Crippen LogP contribution is 2.65. The molecule has 0 unspecified atom stereocenters. The molecule has 1 N–H and O–H groups in total. The molecule has 3 fully saturated rings. The van der Waals surface area contributed by atoms with Crippen molar-refractivity contribution in [3.8, 4) is 0 Å². The van der Waals surface area contributed by atoms with Crippen molar-refractivity contribution in [2.24, 2.45) is 35.0 Å². The Balaban J connectivity index is 1.60. The molecule has 4 aliphatic carbocycles. The second kappa shape index (κ2) is 5.96. The van der Waals surface area contributed by atoms with E-state index in [-0.39, 0.29) is 0 Å². The zero-order chi connectivity index (χ0) is 15.2. The maximum absolute atomic E-state index is 9.51. The summed E-state index contributed by atoms with van der Waals surface area (Å²) < 4.78 is 0. The van der Waals surface area contributed by atoms with Gasteiger partial charge in [0.05, 0.1) is 0 Å². The second-order valence-corrected chi connectivity index (χ2v) is 8.70. The van der Waals surface area contributed by atoms with Gasteiger partial charge in [0.2, 0.25) is 0 Å². The van der Waals surface area contributed by atoms with Gasteiger partial charge in [-0.1, -0.05) is 18.6 Å². The van der Waals surface area contributed by atoms with Gasteiger partial charge in [0.1, 0.15) is 0 Å². The van der Waals surface area contributed by atoms with Gasteiger partial charge in [-0.05, 0) is 106 Å². The van der Waals surface area contributed by atoms with Crippen molar-refractivity contribution in [1.82, 2.24) is 0 Å². The SMILES string of the molecule is CC[C@]12CC[C@H]3[C@@H](CCC4=CCCC[C@@H]43)[C@@H]1CC[C@@H]2CCO. The van der Waals surface area contributed by atoms with Gasteiger partial charge in [-0.15, -0.1) is 0 Å². The zero-order valence-corrected chi connectivity index (χ0v) is 14.4. The predicted molar refractivity (Wildman–Crippen MR) is 91.5 cm³/mol. The predicted octanol–water partition coefficient (Wildman–Crippen LogP) is 5.34. The van der Waals surface area contributed by atoms with E-state index in [1.54, 1.807) is 0 Å². The first-order valence-electron chi connectivity index (χ1n) is 10.1. The first kappa shape index (κ1) is 15.2. The van der Waals surface area contributed by atoms with Gasteiger partial charge in [-0.25, -0.2) is 0 Å². The molecule has 0 aromatic heterocycles. The van der Waals surface area contributed by atoms with Gasteiger partial charge in [0.25, 0.3) is 0 Å². The van der Waals surface area contributed by atoms with Gasteiger partial charge in [-0.3, -0.25) is 0 Å². The first-order valence-corrected chi connectivity index (χ1v) is 10.1. The van der Waals surface area contributed by atoms with E-state index in [1.165, 1.54) is 64.2 Å². The van der Waals surface area contributed by atoms with Crippen molar-refractivity contribution in [2.45, 2.75) is 77.6 Å². The van der Waals surface area contributed by atoms with Crippen LogP contribution in [-0.2, 0) is 0 Å². The van der Waals surface area contributed by atoms with E-state index >= 15 is 0 Å². The molecule has 22 heavy (non-hydrogen) atoms. The van der Waals surface area contributed by atoms with Crippen LogP contribution in [-0.4, -0.2) is 11.7 Å². The molecule has 0 spiro atoms. The molecule has 1 nitrogen and oxygen atoms in total. The molecule has 0 heterocycles. The summed E-state index contributed by atoms with van der Waals surface area (Å²) in [5.41, 5.74) is 2.45. The zero-order valence-electron chi connectivity index (χ0n) is 14.4. The molecule has 124 valence electrons. The maximum atomic E-state index is 9.51. The van der Waals surface area contributed by atoms with Crippen LogP contribution in [0.25, 0.3) is 0 Å². The summed E-state index contributed by atoms with van der Waals surface area (Å²) in [7, 11) is 0. The fourth-order valence-corrected chi connectivity index (χ4v) is 7.54. The summed E-state index contributed by atoms with van der Waals surface area (Å²) >= 11 is 0. The Morgan fingerprint density at radius 2 is 2.05 bits per heavy atom. The lowest BCUT2D eigenvalue weighted by molar-refractivity contribution is -0.0398. The number of aliphatic hydroxyl groups excluding tert-OH is 1. The number of hydrogen-bond acceptors (Lipinski definition) is 1. The van der Waals surface area contributed by atoms with E-state index in [0.29, 0.717) is 12.0 Å². The van der Waals surface area contributed by atoms with Crippen molar-refractivity contribution >= 4 is 0 Å². The van der Waals surface area contributed by atoms with Crippen molar-refractivity contribution in [3.63, 3.8) is 0 Å². The highest BCUT2D eigenvalue weighted by molar-refractivity contribution is 5.18. The third kappa shape index (κ3) is 2.14. The van der Waals surface area contributed by atoms with Crippen LogP contribution < -0.4 is 0 Å². The van der Waals surface area contributed by atoms with Crippen LogP contribution in [0.1, 0.15) is 77.6 Å². The smallest absolute Gasteiger partial charge is 0.0433 e. The molecule has 0 aromatic carbocycles. The van der Waals surface area contributed by atoms with Crippen molar-refractivity contribution in [2.75, 3.05) is 6.61 Å². The summed E-state index contributed by atoms with van der Waals surface area (Å²) in [5, 5.41) is 9.51. The quantitative estimate of drug-likeness (QED) is 0.698. The lowest BCUT2D eigenvalue weighted by atomic mass is 9.50.